The summed E-state index contributed by atoms with van der Waals surface area (Å²) in [6.45, 7) is 4.27. The monoisotopic (exact) mass is 254 g/mol. The van der Waals surface area contributed by atoms with Crippen molar-refractivity contribution in [1.29, 1.82) is 0 Å². The minimum absolute atomic E-state index is 0.0258. The number of esters is 1. The van der Waals surface area contributed by atoms with Crippen molar-refractivity contribution in [3.05, 3.63) is 11.7 Å². The average Bonchev–Trinajstić information content (AvgIpc) is 2.83. The fourth-order valence-electron chi connectivity index (χ4n) is 1.69. The number of nitrogens with zero attached hydrogens (tertiary/aromatic N) is 2. The Kier molecular flexibility index (Phi) is 7.06. The van der Waals surface area contributed by atoms with Gasteiger partial charge in [0.2, 0.25) is 5.89 Å². The Hall–Kier alpha value is -1.39. The van der Waals surface area contributed by atoms with Gasteiger partial charge in [0.15, 0.2) is 0 Å². The van der Waals surface area contributed by atoms with Crippen LogP contribution < -0.4 is 0 Å². The third kappa shape index (κ3) is 5.29. The number of aromatic nitrogens is 2. The van der Waals surface area contributed by atoms with Crippen LogP contribution in [0.15, 0.2) is 4.52 Å². The zero-order valence-corrected chi connectivity index (χ0v) is 11.3. The molecular formula is C13H22N2O3. The molecule has 0 spiro atoms. The Morgan fingerprint density at radius 3 is 2.61 bits per heavy atom. The largest absolute Gasteiger partial charge is 0.460 e. The van der Waals surface area contributed by atoms with Crippen LogP contribution in [-0.4, -0.2) is 22.7 Å². The third-order valence-electron chi connectivity index (χ3n) is 2.67. The maximum absolute atomic E-state index is 11.3. The lowest BCUT2D eigenvalue weighted by atomic mass is 10.1. The number of carbonyl (C=O) groups is 1. The lowest BCUT2D eigenvalue weighted by Crippen LogP contribution is -2.06. The quantitative estimate of drug-likeness (QED) is 0.500. The molecule has 5 heteroatoms. The minimum Gasteiger partial charge on any atom is -0.460 e. The highest BCUT2D eigenvalue weighted by atomic mass is 16.5. The zero-order valence-electron chi connectivity index (χ0n) is 11.3. The normalized spacial score (nSPS) is 10.6. The van der Waals surface area contributed by atoms with E-state index in [9.17, 15) is 4.79 Å². The molecule has 1 rings (SSSR count). The summed E-state index contributed by atoms with van der Waals surface area (Å²) in [6, 6.07) is 0. The van der Waals surface area contributed by atoms with Gasteiger partial charge in [-0.05, 0) is 18.5 Å². The summed E-state index contributed by atoms with van der Waals surface area (Å²) in [7, 11) is 0. The highest BCUT2D eigenvalue weighted by molar-refractivity contribution is 5.84. The van der Waals surface area contributed by atoms with Crippen molar-refractivity contribution in [2.45, 2.75) is 58.8 Å². The third-order valence-corrected chi connectivity index (χ3v) is 2.67. The summed E-state index contributed by atoms with van der Waals surface area (Å²) in [5, 5.41) is 3.60. The van der Waals surface area contributed by atoms with E-state index >= 15 is 0 Å². The van der Waals surface area contributed by atoms with Crippen molar-refractivity contribution >= 4 is 5.97 Å². The molecular weight excluding hydrogens is 232 g/mol. The Morgan fingerprint density at radius 1 is 1.17 bits per heavy atom. The minimum atomic E-state index is -0.518. The molecule has 0 aliphatic carbocycles. The molecule has 0 atom stereocenters. The van der Waals surface area contributed by atoms with Crippen molar-refractivity contribution in [2.75, 3.05) is 6.61 Å². The molecule has 0 amide bonds. The van der Waals surface area contributed by atoms with Crippen LogP contribution in [0.25, 0.3) is 0 Å². The number of carbonyl (C=O) groups excluding carboxylic acids is 1. The number of hydrogen-bond donors (Lipinski definition) is 0. The van der Waals surface area contributed by atoms with Gasteiger partial charge in [0.1, 0.15) is 0 Å². The van der Waals surface area contributed by atoms with Gasteiger partial charge in [-0.15, -0.1) is 0 Å². The van der Waals surface area contributed by atoms with Crippen molar-refractivity contribution in [3.63, 3.8) is 0 Å². The Bertz CT molecular complexity index is 350. The van der Waals surface area contributed by atoms with Crippen molar-refractivity contribution < 1.29 is 14.1 Å². The van der Waals surface area contributed by atoms with E-state index in [1.807, 2.05) is 0 Å². The summed E-state index contributed by atoms with van der Waals surface area (Å²) < 4.78 is 9.79. The Balaban J connectivity index is 2.21. The maximum atomic E-state index is 11.3. The van der Waals surface area contributed by atoms with Gasteiger partial charge in [-0.25, -0.2) is 4.79 Å². The van der Waals surface area contributed by atoms with Crippen LogP contribution in [0, 0.1) is 0 Å². The van der Waals surface area contributed by atoms with Crippen LogP contribution in [0.2, 0.25) is 0 Å². The molecule has 1 aromatic heterocycles. The van der Waals surface area contributed by atoms with Crippen LogP contribution in [-0.2, 0) is 11.2 Å². The first kappa shape index (κ1) is 14.7. The van der Waals surface area contributed by atoms with Gasteiger partial charge in [0.05, 0.1) is 6.61 Å². The average molecular weight is 254 g/mol. The van der Waals surface area contributed by atoms with Gasteiger partial charge in [0, 0.05) is 6.42 Å². The molecule has 1 heterocycles. The molecule has 1 aromatic rings. The maximum Gasteiger partial charge on any atom is 0.379 e. The molecule has 0 fully saturated rings. The van der Waals surface area contributed by atoms with Gasteiger partial charge < -0.3 is 9.26 Å². The summed E-state index contributed by atoms with van der Waals surface area (Å²) in [4.78, 5) is 15.3. The number of aryl methyl sites for hydroxylation is 1. The smallest absolute Gasteiger partial charge is 0.379 e. The molecule has 0 aromatic carbocycles. The van der Waals surface area contributed by atoms with Crippen LogP contribution in [0.1, 0.15) is 68.9 Å². The number of hydrogen-bond acceptors (Lipinski definition) is 5. The summed E-state index contributed by atoms with van der Waals surface area (Å²) in [5.41, 5.74) is 0. The topological polar surface area (TPSA) is 65.2 Å². The molecule has 0 saturated heterocycles. The van der Waals surface area contributed by atoms with Gasteiger partial charge in [0.25, 0.3) is 5.82 Å². The predicted octanol–water partition coefficient (Wildman–Crippen LogP) is 3.15. The molecule has 0 bridgehead atoms. The second-order valence-corrected chi connectivity index (χ2v) is 4.25. The summed E-state index contributed by atoms with van der Waals surface area (Å²) in [5.74, 6) is 0.0295. The first-order chi connectivity index (χ1) is 8.77. The molecule has 0 unspecified atom stereocenters. The molecule has 0 radical (unpaired) electrons. The molecule has 0 aliphatic heterocycles. The van der Waals surface area contributed by atoms with Crippen molar-refractivity contribution in [3.8, 4) is 0 Å². The van der Waals surface area contributed by atoms with Gasteiger partial charge >= 0.3 is 5.97 Å². The van der Waals surface area contributed by atoms with E-state index in [1.54, 1.807) is 6.92 Å². The molecule has 0 N–H and O–H groups in total. The first-order valence-electron chi connectivity index (χ1n) is 6.77. The van der Waals surface area contributed by atoms with Crippen LogP contribution in [0.3, 0.4) is 0 Å². The van der Waals surface area contributed by atoms with Crippen molar-refractivity contribution in [2.24, 2.45) is 0 Å². The first-order valence-corrected chi connectivity index (χ1v) is 6.77. The molecule has 102 valence electrons. The van der Waals surface area contributed by atoms with E-state index in [2.05, 4.69) is 17.1 Å². The number of rotatable bonds is 9. The standard InChI is InChI=1S/C13H22N2O3/c1-3-5-6-7-8-9-10-11-14-12(15-18-11)13(16)17-4-2/h3-10H2,1-2H3. The number of unbranched alkanes of at least 4 members (excludes halogenated alkanes) is 5. The predicted molar refractivity (Wildman–Crippen MR) is 67.3 cm³/mol. The second-order valence-electron chi connectivity index (χ2n) is 4.25. The van der Waals surface area contributed by atoms with Gasteiger partial charge in [-0.1, -0.05) is 39.0 Å². The SMILES string of the molecule is CCCCCCCCc1nc(C(=O)OCC)no1. The van der Waals surface area contributed by atoms with E-state index in [0.717, 1.165) is 19.3 Å². The number of ether oxygens (including phenoxy) is 1. The molecule has 0 aliphatic rings. The Morgan fingerprint density at radius 2 is 1.89 bits per heavy atom. The lowest BCUT2D eigenvalue weighted by molar-refractivity contribution is 0.0508. The van der Waals surface area contributed by atoms with Crippen LogP contribution in [0.4, 0.5) is 0 Å². The van der Waals surface area contributed by atoms with E-state index in [0.29, 0.717) is 12.5 Å². The molecule has 5 nitrogen and oxygen atoms in total. The second kappa shape index (κ2) is 8.66. The van der Waals surface area contributed by atoms with Gasteiger partial charge in [-0.2, -0.15) is 4.98 Å². The fourth-order valence-corrected chi connectivity index (χ4v) is 1.69. The zero-order chi connectivity index (χ0) is 13.2. The van der Waals surface area contributed by atoms with Crippen LogP contribution >= 0.6 is 0 Å². The van der Waals surface area contributed by atoms with Gasteiger partial charge in [-0.3, -0.25) is 0 Å². The van der Waals surface area contributed by atoms with Crippen molar-refractivity contribution in [1.82, 2.24) is 10.1 Å². The summed E-state index contributed by atoms with van der Waals surface area (Å²) >= 11 is 0. The van der Waals surface area contributed by atoms with E-state index in [-0.39, 0.29) is 5.82 Å². The van der Waals surface area contributed by atoms with E-state index in [1.165, 1.54) is 25.7 Å². The van der Waals surface area contributed by atoms with E-state index < -0.39 is 5.97 Å². The molecule has 0 saturated carbocycles. The highest BCUT2D eigenvalue weighted by Gasteiger charge is 2.14. The highest BCUT2D eigenvalue weighted by Crippen LogP contribution is 2.09. The molecule has 18 heavy (non-hydrogen) atoms. The Labute approximate surface area is 108 Å². The fraction of sp³-hybridized carbons (Fsp3) is 0.769. The summed E-state index contributed by atoms with van der Waals surface area (Å²) in [6.07, 6.45) is 8.01. The van der Waals surface area contributed by atoms with Crippen LogP contribution in [0.5, 0.6) is 0 Å². The lowest BCUT2D eigenvalue weighted by Gasteiger charge is -1.97. The van der Waals surface area contributed by atoms with E-state index in [4.69, 9.17) is 9.26 Å².